The Balaban J connectivity index is 1.55. The lowest BCUT2D eigenvalue weighted by molar-refractivity contribution is -0.117. The van der Waals surface area contributed by atoms with E-state index in [9.17, 15) is 9.59 Å². The zero-order chi connectivity index (χ0) is 13.9. The number of benzene rings is 1. The van der Waals surface area contributed by atoms with Gasteiger partial charge in [0.15, 0.2) is 0 Å². The molecule has 1 aromatic carbocycles. The minimum atomic E-state index is -0.0260. The number of anilines is 2. The fourth-order valence-corrected chi connectivity index (χ4v) is 2.38. The second-order valence-corrected chi connectivity index (χ2v) is 5.40. The highest BCUT2D eigenvalue weighted by Gasteiger charge is 2.22. The molecule has 1 aliphatic carbocycles. The van der Waals surface area contributed by atoms with E-state index in [1.165, 1.54) is 12.8 Å². The standard InChI is InChI=1S/C15H19N3O2/c19-14(10-16-11-3-4-11)17-12-5-7-13(8-6-12)18-9-1-2-15(18)20/h5-8,11,16H,1-4,9-10H2,(H,17,19). The van der Waals surface area contributed by atoms with Crippen molar-refractivity contribution in [2.75, 3.05) is 23.3 Å². The first kappa shape index (κ1) is 13.1. The van der Waals surface area contributed by atoms with Crippen LogP contribution in [0.2, 0.25) is 0 Å². The lowest BCUT2D eigenvalue weighted by Crippen LogP contribution is -2.29. The summed E-state index contributed by atoms with van der Waals surface area (Å²) in [5.41, 5.74) is 1.67. The molecule has 0 radical (unpaired) electrons. The van der Waals surface area contributed by atoms with Crippen molar-refractivity contribution < 1.29 is 9.59 Å². The monoisotopic (exact) mass is 273 g/mol. The number of rotatable bonds is 5. The third kappa shape index (κ3) is 3.17. The van der Waals surface area contributed by atoms with Gasteiger partial charge in [-0.15, -0.1) is 0 Å². The summed E-state index contributed by atoms with van der Waals surface area (Å²) in [6, 6.07) is 7.98. The average molecular weight is 273 g/mol. The Kier molecular flexibility index (Phi) is 3.69. The highest BCUT2D eigenvalue weighted by atomic mass is 16.2. The van der Waals surface area contributed by atoms with Crippen LogP contribution < -0.4 is 15.5 Å². The van der Waals surface area contributed by atoms with E-state index in [1.807, 2.05) is 24.3 Å². The van der Waals surface area contributed by atoms with Crippen LogP contribution in [0.25, 0.3) is 0 Å². The molecule has 2 N–H and O–H groups in total. The maximum absolute atomic E-state index is 11.7. The van der Waals surface area contributed by atoms with Gasteiger partial charge in [0.1, 0.15) is 0 Å². The zero-order valence-corrected chi connectivity index (χ0v) is 11.4. The maximum atomic E-state index is 11.7. The Bertz CT molecular complexity index is 508. The Hall–Kier alpha value is -1.88. The van der Waals surface area contributed by atoms with Gasteiger partial charge in [-0.2, -0.15) is 0 Å². The van der Waals surface area contributed by atoms with Crippen LogP contribution in [0.5, 0.6) is 0 Å². The summed E-state index contributed by atoms with van der Waals surface area (Å²) in [5.74, 6) is 0.150. The number of nitrogens with one attached hydrogen (secondary N) is 2. The van der Waals surface area contributed by atoms with Gasteiger partial charge in [-0.05, 0) is 43.5 Å². The molecular weight excluding hydrogens is 254 g/mol. The molecule has 20 heavy (non-hydrogen) atoms. The molecule has 2 aliphatic rings. The molecule has 0 spiro atoms. The quantitative estimate of drug-likeness (QED) is 0.854. The van der Waals surface area contributed by atoms with Gasteiger partial charge in [-0.25, -0.2) is 0 Å². The molecule has 2 fully saturated rings. The van der Waals surface area contributed by atoms with E-state index in [0.29, 0.717) is 19.0 Å². The van der Waals surface area contributed by atoms with Gasteiger partial charge >= 0.3 is 0 Å². The van der Waals surface area contributed by atoms with E-state index in [2.05, 4.69) is 10.6 Å². The minimum absolute atomic E-state index is 0.0260. The first-order valence-corrected chi connectivity index (χ1v) is 7.16. The fourth-order valence-electron chi connectivity index (χ4n) is 2.38. The van der Waals surface area contributed by atoms with Gasteiger partial charge in [-0.3, -0.25) is 9.59 Å². The second kappa shape index (κ2) is 5.63. The highest BCUT2D eigenvalue weighted by molar-refractivity contribution is 5.96. The summed E-state index contributed by atoms with van der Waals surface area (Å²) < 4.78 is 0. The molecule has 1 saturated heterocycles. The van der Waals surface area contributed by atoms with Gasteiger partial charge in [-0.1, -0.05) is 0 Å². The molecule has 0 aromatic heterocycles. The van der Waals surface area contributed by atoms with Crippen LogP contribution in [0.3, 0.4) is 0 Å². The Morgan fingerprint density at radius 3 is 2.60 bits per heavy atom. The zero-order valence-electron chi connectivity index (χ0n) is 11.4. The molecule has 2 amide bonds. The Morgan fingerprint density at radius 2 is 2.00 bits per heavy atom. The maximum Gasteiger partial charge on any atom is 0.238 e. The first-order valence-electron chi connectivity index (χ1n) is 7.16. The van der Waals surface area contributed by atoms with E-state index >= 15 is 0 Å². The van der Waals surface area contributed by atoms with Crippen molar-refractivity contribution in [3.63, 3.8) is 0 Å². The number of hydrogen-bond donors (Lipinski definition) is 2. The third-order valence-electron chi connectivity index (χ3n) is 3.66. The van der Waals surface area contributed by atoms with E-state index in [-0.39, 0.29) is 11.8 Å². The van der Waals surface area contributed by atoms with Gasteiger partial charge < -0.3 is 15.5 Å². The fraction of sp³-hybridized carbons (Fsp3) is 0.467. The largest absolute Gasteiger partial charge is 0.325 e. The molecule has 1 aromatic rings. The molecule has 1 heterocycles. The van der Waals surface area contributed by atoms with Crippen molar-refractivity contribution in [1.82, 2.24) is 5.32 Å². The lowest BCUT2D eigenvalue weighted by atomic mass is 10.2. The Morgan fingerprint density at radius 1 is 1.25 bits per heavy atom. The summed E-state index contributed by atoms with van der Waals surface area (Å²) >= 11 is 0. The van der Waals surface area contributed by atoms with Gasteiger partial charge in [0.25, 0.3) is 0 Å². The van der Waals surface area contributed by atoms with Crippen molar-refractivity contribution in [1.29, 1.82) is 0 Å². The van der Waals surface area contributed by atoms with E-state index in [0.717, 1.165) is 24.3 Å². The number of hydrogen-bond acceptors (Lipinski definition) is 3. The van der Waals surface area contributed by atoms with Crippen LogP contribution in [-0.2, 0) is 9.59 Å². The number of nitrogens with zero attached hydrogens (tertiary/aromatic N) is 1. The smallest absolute Gasteiger partial charge is 0.238 e. The lowest BCUT2D eigenvalue weighted by Gasteiger charge is -2.16. The average Bonchev–Trinajstić information content (AvgIpc) is 3.18. The van der Waals surface area contributed by atoms with Crippen LogP contribution in [0, 0.1) is 0 Å². The van der Waals surface area contributed by atoms with Crippen LogP contribution in [0.15, 0.2) is 24.3 Å². The van der Waals surface area contributed by atoms with Crippen LogP contribution >= 0.6 is 0 Å². The molecule has 5 heteroatoms. The molecule has 106 valence electrons. The minimum Gasteiger partial charge on any atom is -0.325 e. The van der Waals surface area contributed by atoms with Crippen molar-refractivity contribution in [3.05, 3.63) is 24.3 Å². The van der Waals surface area contributed by atoms with Crippen molar-refractivity contribution in [2.45, 2.75) is 31.7 Å². The highest BCUT2D eigenvalue weighted by Crippen LogP contribution is 2.23. The van der Waals surface area contributed by atoms with Crippen molar-refractivity contribution in [3.8, 4) is 0 Å². The predicted molar refractivity (Wildman–Crippen MR) is 77.7 cm³/mol. The first-order chi connectivity index (χ1) is 9.72. The molecular formula is C15H19N3O2. The van der Waals surface area contributed by atoms with E-state index < -0.39 is 0 Å². The summed E-state index contributed by atoms with van der Waals surface area (Å²) in [4.78, 5) is 25.1. The molecule has 0 atom stereocenters. The molecule has 1 saturated carbocycles. The SMILES string of the molecule is O=C(CNC1CC1)Nc1ccc(N2CCCC2=O)cc1. The molecule has 1 aliphatic heterocycles. The van der Waals surface area contributed by atoms with Crippen LogP contribution in [0.4, 0.5) is 11.4 Å². The van der Waals surface area contributed by atoms with E-state index in [1.54, 1.807) is 4.90 Å². The number of carbonyl (C=O) groups excluding carboxylic acids is 2. The summed E-state index contributed by atoms with van der Waals surface area (Å²) in [6.07, 6.45) is 3.90. The van der Waals surface area contributed by atoms with Crippen molar-refractivity contribution in [2.24, 2.45) is 0 Å². The van der Waals surface area contributed by atoms with Gasteiger partial charge in [0.05, 0.1) is 6.54 Å². The molecule has 5 nitrogen and oxygen atoms in total. The van der Waals surface area contributed by atoms with Crippen molar-refractivity contribution >= 4 is 23.2 Å². The Labute approximate surface area is 118 Å². The van der Waals surface area contributed by atoms with E-state index in [4.69, 9.17) is 0 Å². The molecule has 0 unspecified atom stereocenters. The third-order valence-corrected chi connectivity index (χ3v) is 3.66. The number of carbonyl (C=O) groups is 2. The van der Waals surface area contributed by atoms with Crippen LogP contribution in [-0.4, -0.2) is 30.9 Å². The van der Waals surface area contributed by atoms with Gasteiger partial charge in [0, 0.05) is 30.4 Å². The number of amides is 2. The second-order valence-electron chi connectivity index (χ2n) is 5.40. The normalized spacial score (nSPS) is 18.4. The molecule has 0 bridgehead atoms. The van der Waals surface area contributed by atoms with Gasteiger partial charge in [0.2, 0.25) is 11.8 Å². The van der Waals surface area contributed by atoms with Crippen LogP contribution in [0.1, 0.15) is 25.7 Å². The summed E-state index contributed by atoms with van der Waals surface area (Å²) in [6.45, 7) is 1.15. The predicted octanol–water partition coefficient (Wildman–Crippen LogP) is 1.50. The molecule has 3 rings (SSSR count). The summed E-state index contributed by atoms with van der Waals surface area (Å²) in [5, 5.41) is 6.02. The summed E-state index contributed by atoms with van der Waals surface area (Å²) in [7, 11) is 0. The topological polar surface area (TPSA) is 61.4 Å².